The monoisotopic (exact) mass is 349 g/mol. The van der Waals surface area contributed by atoms with Gasteiger partial charge in [-0.3, -0.25) is 4.79 Å². The molecule has 0 bridgehead atoms. The van der Waals surface area contributed by atoms with Gasteiger partial charge in [-0.25, -0.2) is 4.98 Å². The van der Waals surface area contributed by atoms with Gasteiger partial charge in [0, 0.05) is 29.1 Å². The second-order valence-electron chi connectivity index (χ2n) is 7.13. The number of nitrogens with one attached hydrogen (secondary N) is 1. The van der Waals surface area contributed by atoms with E-state index in [9.17, 15) is 4.79 Å². The quantitative estimate of drug-likeness (QED) is 0.785. The minimum atomic E-state index is -0.121. The van der Waals surface area contributed by atoms with Crippen LogP contribution >= 0.6 is 0 Å². The second kappa shape index (κ2) is 6.16. The summed E-state index contributed by atoms with van der Waals surface area (Å²) in [6, 6.07) is 11.8. The molecule has 26 heavy (non-hydrogen) atoms. The van der Waals surface area contributed by atoms with Crippen LogP contribution in [0.2, 0.25) is 0 Å². The van der Waals surface area contributed by atoms with E-state index in [0.717, 1.165) is 17.1 Å². The molecule has 0 aliphatic carbocycles. The number of carbonyl (C=O) groups is 1. The van der Waals surface area contributed by atoms with Crippen molar-refractivity contribution in [2.75, 3.05) is 0 Å². The molecular formula is C21H23N3O2. The molecule has 0 spiro atoms. The highest BCUT2D eigenvalue weighted by Gasteiger charge is 2.35. The third-order valence-corrected chi connectivity index (χ3v) is 5.20. The van der Waals surface area contributed by atoms with Crippen LogP contribution in [-0.4, -0.2) is 27.4 Å². The number of ether oxygens (including phenoxy) is 1. The summed E-state index contributed by atoms with van der Waals surface area (Å²) in [5, 5.41) is 3.10. The predicted octanol–water partition coefficient (Wildman–Crippen LogP) is 3.63. The number of benzene rings is 1. The Kier molecular flexibility index (Phi) is 3.94. The van der Waals surface area contributed by atoms with E-state index in [1.165, 1.54) is 5.56 Å². The first-order valence-corrected chi connectivity index (χ1v) is 8.97. The number of carbonyl (C=O) groups excluding carboxylic acids is 1. The highest BCUT2D eigenvalue weighted by molar-refractivity contribution is 6.00. The first-order valence-electron chi connectivity index (χ1n) is 8.97. The molecular weight excluding hydrogens is 326 g/mol. The summed E-state index contributed by atoms with van der Waals surface area (Å²) in [4.78, 5) is 17.4. The molecule has 3 atom stereocenters. The minimum absolute atomic E-state index is 0.0818. The fraction of sp³-hybridized carbons (Fsp3) is 0.333. The average molecular weight is 349 g/mol. The Balaban J connectivity index is 1.56. The number of fused-ring (bicyclic) bond motifs is 2. The van der Waals surface area contributed by atoms with Crippen LogP contribution in [0.1, 0.15) is 47.1 Å². The third-order valence-electron chi connectivity index (χ3n) is 5.20. The molecule has 134 valence electrons. The molecule has 5 nitrogen and oxygen atoms in total. The van der Waals surface area contributed by atoms with Gasteiger partial charge in [0.25, 0.3) is 5.91 Å². The Hall–Kier alpha value is -2.82. The van der Waals surface area contributed by atoms with E-state index in [-0.39, 0.29) is 24.0 Å². The molecule has 0 fully saturated rings. The Morgan fingerprint density at radius 1 is 1.27 bits per heavy atom. The van der Waals surface area contributed by atoms with Gasteiger partial charge in [-0.05, 0) is 39.0 Å². The topological polar surface area (TPSA) is 55.6 Å². The van der Waals surface area contributed by atoms with Crippen molar-refractivity contribution in [2.24, 2.45) is 0 Å². The van der Waals surface area contributed by atoms with E-state index < -0.39 is 0 Å². The molecule has 0 radical (unpaired) electrons. The van der Waals surface area contributed by atoms with Crippen molar-refractivity contribution < 1.29 is 9.53 Å². The molecule has 1 amide bonds. The van der Waals surface area contributed by atoms with Crippen LogP contribution in [0.5, 0.6) is 5.75 Å². The average Bonchev–Trinajstić information content (AvgIpc) is 3.17. The molecule has 3 unspecified atom stereocenters. The van der Waals surface area contributed by atoms with Crippen molar-refractivity contribution in [2.45, 2.75) is 45.8 Å². The lowest BCUT2D eigenvalue weighted by Crippen LogP contribution is -2.44. The number of para-hydroxylation sites is 1. The van der Waals surface area contributed by atoms with E-state index >= 15 is 0 Å². The van der Waals surface area contributed by atoms with Gasteiger partial charge in [0.15, 0.2) is 0 Å². The van der Waals surface area contributed by atoms with E-state index in [1.807, 2.05) is 61.7 Å². The first-order chi connectivity index (χ1) is 12.5. The van der Waals surface area contributed by atoms with Crippen molar-refractivity contribution >= 4 is 11.6 Å². The molecule has 3 aromatic rings. The zero-order valence-corrected chi connectivity index (χ0v) is 15.5. The molecule has 2 aromatic heterocycles. The number of hydrogen-bond acceptors (Lipinski definition) is 3. The molecule has 5 heteroatoms. The van der Waals surface area contributed by atoms with Crippen LogP contribution in [0.25, 0.3) is 5.65 Å². The molecule has 3 heterocycles. The summed E-state index contributed by atoms with van der Waals surface area (Å²) in [5.41, 5.74) is 4.44. The summed E-state index contributed by atoms with van der Waals surface area (Å²) in [6.07, 6.45) is 1.81. The van der Waals surface area contributed by atoms with Gasteiger partial charge in [0.05, 0.1) is 11.6 Å². The molecule has 4 rings (SSSR count). The van der Waals surface area contributed by atoms with Crippen LogP contribution in [-0.2, 0) is 0 Å². The van der Waals surface area contributed by atoms with E-state index in [4.69, 9.17) is 4.74 Å². The maximum Gasteiger partial charge on any atom is 0.255 e. The number of aryl methyl sites for hydroxylation is 2. The maximum atomic E-state index is 12.9. The largest absolute Gasteiger partial charge is 0.487 e. The van der Waals surface area contributed by atoms with Crippen molar-refractivity contribution in [3.8, 4) is 5.75 Å². The van der Waals surface area contributed by atoms with Crippen molar-refractivity contribution in [1.82, 2.24) is 14.7 Å². The van der Waals surface area contributed by atoms with E-state index in [0.29, 0.717) is 11.2 Å². The highest BCUT2D eigenvalue weighted by atomic mass is 16.5. The van der Waals surface area contributed by atoms with Crippen molar-refractivity contribution in [3.63, 3.8) is 0 Å². The Morgan fingerprint density at radius 2 is 2.04 bits per heavy atom. The molecule has 1 N–H and O–H groups in total. The SMILES string of the molecule is Cc1cc(C)n2ccc(C(=O)NC(C)C3Oc4ccccc4C3C)c2n1. The van der Waals surface area contributed by atoms with Crippen molar-refractivity contribution in [1.29, 1.82) is 0 Å². The summed E-state index contributed by atoms with van der Waals surface area (Å²) in [7, 11) is 0. The summed E-state index contributed by atoms with van der Waals surface area (Å²) in [6.45, 7) is 8.08. The Labute approximate surface area is 153 Å². The lowest BCUT2D eigenvalue weighted by molar-refractivity contribution is 0.0887. The van der Waals surface area contributed by atoms with Gasteiger partial charge in [-0.15, -0.1) is 0 Å². The van der Waals surface area contributed by atoms with Gasteiger partial charge in [0.1, 0.15) is 17.5 Å². The molecule has 1 aliphatic heterocycles. The fourth-order valence-corrected chi connectivity index (χ4v) is 3.86. The zero-order valence-electron chi connectivity index (χ0n) is 15.5. The van der Waals surface area contributed by atoms with Crippen molar-refractivity contribution in [3.05, 3.63) is 65.1 Å². The van der Waals surface area contributed by atoms with E-state index in [2.05, 4.69) is 23.3 Å². The van der Waals surface area contributed by atoms with Crippen LogP contribution < -0.4 is 10.1 Å². The first kappa shape index (κ1) is 16.6. The number of amides is 1. The second-order valence-corrected chi connectivity index (χ2v) is 7.13. The molecule has 0 saturated carbocycles. The summed E-state index contributed by atoms with van der Waals surface area (Å²) >= 11 is 0. The zero-order chi connectivity index (χ0) is 18.4. The number of rotatable bonds is 3. The van der Waals surface area contributed by atoms with Crippen LogP contribution in [0, 0.1) is 13.8 Å². The fourth-order valence-electron chi connectivity index (χ4n) is 3.86. The summed E-state index contributed by atoms with van der Waals surface area (Å²) < 4.78 is 8.03. The van der Waals surface area contributed by atoms with Gasteiger partial charge in [-0.1, -0.05) is 25.1 Å². The highest BCUT2D eigenvalue weighted by Crippen LogP contribution is 2.38. The Bertz CT molecular complexity index is 992. The van der Waals surface area contributed by atoms with Crippen LogP contribution in [0.15, 0.2) is 42.6 Å². The Morgan fingerprint density at radius 3 is 2.81 bits per heavy atom. The predicted molar refractivity (Wildman–Crippen MR) is 101 cm³/mol. The van der Waals surface area contributed by atoms with E-state index in [1.54, 1.807) is 0 Å². The normalized spacial score (nSPS) is 19.8. The van der Waals surface area contributed by atoms with Crippen LogP contribution in [0.4, 0.5) is 0 Å². The standard InChI is InChI=1S/C21H23N3O2/c1-12-11-13(2)24-10-9-17(20(24)22-12)21(25)23-15(4)19-14(3)16-7-5-6-8-18(16)26-19/h5-11,14-15,19H,1-4H3,(H,23,25). The lowest BCUT2D eigenvalue weighted by atomic mass is 9.93. The summed E-state index contributed by atoms with van der Waals surface area (Å²) in [5.74, 6) is 1.02. The molecule has 0 saturated heterocycles. The smallest absolute Gasteiger partial charge is 0.255 e. The number of aromatic nitrogens is 2. The van der Waals surface area contributed by atoms with Gasteiger partial charge in [0.2, 0.25) is 0 Å². The van der Waals surface area contributed by atoms with Gasteiger partial charge >= 0.3 is 0 Å². The van der Waals surface area contributed by atoms with Gasteiger partial charge in [-0.2, -0.15) is 0 Å². The molecule has 1 aliphatic rings. The van der Waals surface area contributed by atoms with Gasteiger partial charge < -0.3 is 14.5 Å². The van der Waals surface area contributed by atoms with Crippen LogP contribution in [0.3, 0.4) is 0 Å². The minimum Gasteiger partial charge on any atom is -0.487 e. The number of nitrogens with zero attached hydrogens (tertiary/aromatic N) is 2. The molecule has 1 aromatic carbocycles. The maximum absolute atomic E-state index is 12.9. The number of hydrogen-bond donors (Lipinski definition) is 1. The third kappa shape index (κ3) is 2.64. The lowest BCUT2D eigenvalue weighted by Gasteiger charge is -2.24.